The number of esters is 2. The van der Waals surface area contributed by atoms with Gasteiger partial charge >= 0.3 is 11.9 Å². The van der Waals surface area contributed by atoms with Crippen LogP contribution in [0.1, 0.15) is 69.4 Å². The van der Waals surface area contributed by atoms with Crippen LogP contribution in [-0.2, 0) is 25.7 Å². The van der Waals surface area contributed by atoms with Crippen LogP contribution < -0.4 is 0 Å². The van der Waals surface area contributed by atoms with E-state index in [1.807, 2.05) is 0 Å². The zero-order chi connectivity index (χ0) is 20.1. The number of benzene rings is 1. The van der Waals surface area contributed by atoms with Gasteiger partial charge in [-0.3, -0.25) is 19.7 Å². The lowest BCUT2D eigenvalue weighted by molar-refractivity contribution is -0.386. The van der Waals surface area contributed by atoms with Crippen molar-refractivity contribution < 1.29 is 24.0 Å². The standard InChI is InChI=1S/C20H29NO6/c1-3-26-18(22)13-8-6-4-5-7-9-14-19(23)27-15-17-12-10-11-16(2)20(17)21(24)25/h10-12H,3-9,13-15H2,1-2H3. The fourth-order valence-corrected chi connectivity index (χ4v) is 2.81. The Kier molecular flexibility index (Phi) is 10.7. The molecule has 0 bridgehead atoms. The Morgan fingerprint density at radius 3 is 2.07 bits per heavy atom. The van der Waals surface area contributed by atoms with Crippen LogP contribution in [0.2, 0.25) is 0 Å². The molecule has 0 aliphatic heterocycles. The third kappa shape index (κ3) is 9.17. The fourth-order valence-electron chi connectivity index (χ4n) is 2.81. The average molecular weight is 379 g/mol. The Hall–Kier alpha value is -2.44. The minimum atomic E-state index is -0.444. The van der Waals surface area contributed by atoms with Gasteiger partial charge in [-0.25, -0.2) is 0 Å². The Balaban J connectivity index is 2.14. The SMILES string of the molecule is CCOC(=O)CCCCCCCCC(=O)OCc1cccc(C)c1[N+](=O)[O-]. The molecule has 0 fully saturated rings. The van der Waals surface area contributed by atoms with Gasteiger partial charge in [0.1, 0.15) is 6.61 Å². The average Bonchev–Trinajstić information content (AvgIpc) is 2.62. The lowest BCUT2D eigenvalue weighted by Gasteiger charge is -2.07. The number of hydrogen-bond donors (Lipinski definition) is 0. The monoisotopic (exact) mass is 379 g/mol. The third-order valence-corrected chi connectivity index (χ3v) is 4.21. The molecular formula is C20H29NO6. The molecule has 0 spiro atoms. The molecule has 7 heteroatoms. The summed E-state index contributed by atoms with van der Waals surface area (Å²) in [4.78, 5) is 33.7. The van der Waals surface area contributed by atoms with Gasteiger partial charge in [0, 0.05) is 18.4 Å². The van der Waals surface area contributed by atoms with Crippen LogP contribution in [0.15, 0.2) is 18.2 Å². The summed E-state index contributed by atoms with van der Waals surface area (Å²) in [6.45, 7) is 3.80. The quantitative estimate of drug-likeness (QED) is 0.215. The van der Waals surface area contributed by atoms with Gasteiger partial charge in [0.25, 0.3) is 5.69 Å². The normalized spacial score (nSPS) is 10.4. The molecule has 7 nitrogen and oxygen atoms in total. The molecular weight excluding hydrogens is 350 g/mol. The van der Waals surface area contributed by atoms with Crippen LogP contribution in [0, 0.1) is 17.0 Å². The molecule has 0 amide bonds. The van der Waals surface area contributed by atoms with Crippen molar-refractivity contribution in [2.75, 3.05) is 6.61 Å². The molecule has 0 aromatic heterocycles. The van der Waals surface area contributed by atoms with Crippen LogP contribution in [0.4, 0.5) is 5.69 Å². The Morgan fingerprint density at radius 2 is 1.52 bits per heavy atom. The molecule has 0 aliphatic rings. The molecule has 150 valence electrons. The van der Waals surface area contributed by atoms with Crippen LogP contribution in [-0.4, -0.2) is 23.5 Å². The summed E-state index contributed by atoms with van der Waals surface area (Å²) in [7, 11) is 0. The predicted octanol–water partition coefficient (Wildman–Crippen LogP) is 4.63. The van der Waals surface area contributed by atoms with Gasteiger partial charge in [0.15, 0.2) is 0 Å². The van der Waals surface area contributed by atoms with E-state index in [4.69, 9.17) is 9.47 Å². The van der Waals surface area contributed by atoms with Crippen LogP contribution >= 0.6 is 0 Å². The predicted molar refractivity (Wildman–Crippen MR) is 101 cm³/mol. The van der Waals surface area contributed by atoms with Gasteiger partial charge in [-0.2, -0.15) is 0 Å². The second-order valence-electron chi connectivity index (χ2n) is 6.43. The number of carbonyl (C=O) groups is 2. The molecule has 0 radical (unpaired) electrons. The zero-order valence-corrected chi connectivity index (χ0v) is 16.2. The molecule has 1 aromatic rings. The second-order valence-corrected chi connectivity index (χ2v) is 6.43. The lowest BCUT2D eigenvalue weighted by Crippen LogP contribution is -2.06. The summed E-state index contributed by atoms with van der Waals surface area (Å²) in [5, 5.41) is 11.1. The molecule has 27 heavy (non-hydrogen) atoms. The van der Waals surface area contributed by atoms with Crippen molar-refractivity contribution in [3.63, 3.8) is 0 Å². The van der Waals surface area contributed by atoms with Crippen LogP contribution in [0.25, 0.3) is 0 Å². The van der Waals surface area contributed by atoms with Crippen LogP contribution in [0.3, 0.4) is 0 Å². The fraction of sp³-hybridized carbons (Fsp3) is 0.600. The van der Waals surface area contributed by atoms with E-state index < -0.39 is 4.92 Å². The maximum atomic E-state index is 11.8. The van der Waals surface area contributed by atoms with Gasteiger partial charge in [-0.1, -0.05) is 37.8 Å². The molecule has 1 aromatic carbocycles. The summed E-state index contributed by atoms with van der Waals surface area (Å²) >= 11 is 0. The van der Waals surface area contributed by atoms with Gasteiger partial charge in [0.05, 0.1) is 17.1 Å². The zero-order valence-electron chi connectivity index (χ0n) is 16.2. The highest BCUT2D eigenvalue weighted by atomic mass is 16.6. The van der Waals surface area contributed by atoms with Crippen molar-refractivity contribution in [3.8, 4) is 0 Å². The first-order chi connectivity index (χ1) is 13.0. The first-order valence-electron chi connectivity index (χ1n) is 9.49. The topological polar surface area (TPSA) is 95.7 Å². The minimum absolute atomic E-state index is 0.00752. The summed E-state index contributed by atoms with van der Waals surface area (Å²) < 4.78 is 10.0. The van der Waals surface area contributed by atoms with Crippen LogP contribution in [0.5, 0.6) is 0 Å². The van der Waals surface area contributed by atoms with E-state index in [1.54, 1.807) is 32.0 Å². The Labute approximate surface area is 160 Å². The van der Waals surface area contributed by atoms with Crippen molar-refractivity contribution in [1.29, 1.82) is 0 Å². The molecule has 0 saturated carbocycles. The van der Waals surface area contributed by atoms with Gasteiger partial charge in [-0.15, -0.1) is 0 Å². The van der Waals surface area contributed by atoms with Gasteiger partial charge in [0.2, 0.25) is 0 Å². The van der Waals surface area contributed by atoms with E-state index in [2.05, 4.69) is 0 Å². The maximum Gasteiger partial charge on any atom is 0.306 e. The molecule has 0 atom stereocenters. The number of rotatable bonds is 13. The van der Waals surface area contributed by atoms with Crippen molar-refractivity contribution in [1.82, 2.24) is 0 Å². The summed E-state index contributed by atoms with van der Waals surface area (Å²) in [6, 6.07) is 4.98. The number of unbranched alkanes of at least 4 members (excludes halogenated alkanes) is 5. The largest absolute Gasteiger partial charge is 0.466 e. The molecule has 0 saturated heterocycles. The Morgan fingerprint density at radius 1 is 0.963 bits per heavy atom. The third-order valence-electron chi connectivity index (χ3n) is 4.21. The first kappa shape index (κ1) is 22.6. The smallest absolute Gasteiger partial charge is 0.306 e. The summed E-state index contributed by atoms with van der Waals surface area (Å²) in [5.74, 6) is -0.484. The Bertz CT molecular complexity index is 629. The molecule has 0 heterocycles. The van der Waals surface area contributed by atoms with Crippen molar-refractivity contribution >= 4 is 17.6 Å². The highest BCUT2D eigenvalue weighted by Gasteiger charge is 2.17. The number of nitro groups is 1. The van der Waals surface area contributed by atoms with Crippen molar-refractivity contribution in [2.45, 2.75) is 71.8 Å². The first-order valence-corrected chi connectivity index (χ1v) is 9.49. The lowest BCUT2D eigenvalue weighted by atomic mass is 10.1. The van der Waals surface area contributed by atoms with Gasteiger partial charge in [-0.05, 0) is 32.8 Å². The minimum Gasteiger partial charge on any atom is -0.466 e. The second kappa shape index (κ2) is 12.8. The highest BCUT2D eigenvalue weighted by Crippen LogP contribution is 2.23. The molecule has 0 unspecified atom stereocenters. The number of nitro benzene ring substituents is 1. The molecule has 1 rings (SSSR count). The van der Waals surface area contributed by atoms with E-state index in [-0.39, 0.29) is 24.2 Å². The van der Waals surface area contributed by atoms with E-state index >= 15 is 0 Å². The van der Waals surface area contributed by atoms with Crippen molar-refractivity contribution in [2.24, 2.45) is 0 Å². The maximum absolute atomic E-state index is 11.8. The molecule has 0 aliphatic carbocycles. The number of para-hydroxylation sites is 1. The van der Waals surface area contributed by atoms with E-state index in [1.165, 1.54) is 0 Å². The van der Waals surface area contributed by atoms with E-state index in [0.29, 0.717) is 30.6 Å². The summed E-state index contributed by atoms with van der Waals surface area (Å²) in [6.07, 6.45) is 6.24. The van der Waals surface area contributed by atoms with E-state index in [0.717, 1.165) is 38.5 Å². The molecule has 0 N–H and O–H groups in total. The highest BCUT2D eigenvalue weighted by molar-refractivity contribution is 5.69. The summed E-state index contributed by atoms with van der Waals surface area (Å²) in [5.41, 5.74) is 0.972. The van der Waals surface area contributed by atoms with Gasteiger partial charge < -0.3 is 9.47 Å². The number of ether oxygens (including phenoxy) is 2. The number of hydrogen-bond acceptors (Lipinski definition) is 6. The number of aryl methyl sites for hydroxylation is 1. The van der Waals surface area contributed by atoms with E-state index in [9.17, 15) is 19.7 Å². The number of nitrogens with zero attached hydrogens (tertiary/aromatic N) is 1. The van der Waals surface area contributed by atoms with Crippen molar-refractivity contribution in [3.05, 3.63) is 39.4 Å². The number of carbonyl (C=O) groups excluding carboxylic acids is 2.